The van der Waals surface area contributed by atoms with Gasteiger partial charge in [0.2, 0.25) is 0 Å². The summed E-state index contributed by atoms with van der Waals surface area (Å²) < 4.78 is 36.2. The van der Waals surface area contributed by atoms with Crippen LogP contribution in [0, 0.1) is 0 Å². The van der Waals surface area contributed by atoms with Crippen LogP contribution in [0.25, 0.3) is 5.70 Å². The summed E-state index contributed by atoms with van der Waals surface area (Å²) in [5.41, 5.74) is 0.140. The number of allylic oxidation sites excluding steroid dienone is 1. The Morgan fingerprint density at radius 3 is 2.08 bits per heavy atom. The SMILES string of the molecule is FC(F)(F)C1=C(c2ccccc2)N1. The fraction of sp³-hybridized carbons (Fsp3) is 0.111. The number of halogens is 3. The summed E-state index contributed by atoms with van der Waals surface area (Å²) in [6.45, 7) is 0. The second-order valence-corrected chi connectivity index (χ2v) is 2.74. The van der Waals surface area contributed by atoms with Crippen LogP contribution in [0.1, 0.15) is 5.56 Å². The second-order valence-electron chi connectivity index (χ2n) is 2.74. The lowest BCUT2D eigenvalue weighted by Gasteiger charge is -1.94. The molecule has 0 saturated carbocycles. The maximum atomic E-state index is 12.1. The summed E-state index contributed by atoms with van der Waals surface area (Å²) in [5.74, 6) is 0. The first-order valence-electron chi connectivity index (χ1n) is 3.73. The van der Waals surface area contributed by atoms with E-state index < -0.39 is 11.9 Å². The van der Waals surface area contributed by atoms with E-state index in [0.29, 0.717) is 5.56 Å². The average Bonchev–Trinajstić information content (AvgIpc) is 2.83. The molecule has 68 valence electrons. The van der Waals surface area contributed by atoms with Crippen LogP contribution in [0.15, 0.2) is 36.0 Å². The van der Waals surface area contributed by atoms with E-state index in [4.69, 9.17) is 0 Å². The van der Waals surface area contributed by atoms with Crippen molar-refractivity contribution in [1.82, 2.24) is 5.32 Å². The van der Waals surface area contributed by atoms with Crippen molar-refractivity contribution in [3.8, 4) is 0 Å². The third-order valence-corrected chi connectivity index (χ3v) is 1.78. The van der Waals surface area contributed by atoms with Crippen molar-refractivity contribution >= 4 is 5.70 Å². The van der Waals surface area contributed by atoms with E-state index in [-0.39, 0.29) is 5.70 Å². The van der Waals surface area contributed by atoms with Gasteiger partial charge in [0.25, 0.3) is 0 Å². The Kier molecular flexibility index (Phi) is 1.58. The molecule has 0 unspecified atom stereocenters. The molecule has 1 N–H and O–H groups in total. The van der Waals surface area contributed by atoms with Crippen LogP contribution in [0.5, 0.6) is 0 Å². The lowest BCUT2D eigenvalue weighted by Crippen LogP contribution is -2.07. The first kappa shape index (κ1) is 8.16. The minimum atomic E-state index is -4.24. The third kappa shape index (κ3) is 1.52. The van der Waals surface area contributed by atoms with Crippen molar-refractivity contribution in [2.45, 2.75) is 6.18 Å². The Morgan fingerprint density at radius 1 is 1.00 bits per heavy atom. The molecule has 4 heteroatoms. The summed E-state index contributed by atoms with van der Waals surface area (Å²) in [6, 6.07) is 8.45. The van der Waals surface area contributed by atoms with Gasteiger partial charge >= 0.3 is 6.18 Å². The predicted octanol–water partition coefficient (Wildman–Crippen LogP) is 2.52. The van der Waals surface area contributed by atoms with E-state index in [0.717, 1.165) is 0 Å². The van der Waals surface area contributed by atoms with Crippen molar-refractivity contribution in [3.63, 3.8) is 0 Å². The lowest BCUT2D eigenvalue weighted by molar-refractivity contribution is -0.0888. The Morgan fingerprint density at radius 2 is 1.62 bits per heavy atom. The summed E-state index contributed by atoms with van der Waals surface area (Å²) >= 11 is 0. The molecule has 0 bridgehead atoms. The molecule has 1 heterocycles. The normalized spacial score (nSPS) is 15.6. The molecule has 1 nitrogen and oxygen atoms in total. The van der Waals surface area contributed by atoms with Crippen molar-refractivity contribution in [2.24, 2.45) is 0 Å². The highest BCUT2D eigenvalue weighted by Crippen LogP contribution is 2.38. The molecule has 0 aliphatic carbocycles. The van der Waals surface area contributed by atoms with E-state index in [1.54, 1.807) is 30.3 Å². The van der Waals surface area contributed by atoms with E-state index in [1.165, 1.54) is 0 Å². The van der Waals surface area contributed by atoms with E-state index in [2.05, 4.69) is 5.32 Å². The van der Waals surface area contributed by atoms with E-state index in [9.17, 15) is 13.2 Å². The van der Waals surface area contributed by atoms with Gasteiger partial charge in [-0.15, -0.1) is 0 Å². The van der Waals surface area contributed by atoms with Crippen molar-refractivity contribution in [2.75, 3.05) is 0 Å². The highest BCUT2D eigenvalue weighted by Gasteiger charge is 2.45. The maximum absolute atomic E-state index is 12.1. The number of hydrogen-bond donors (Lipinski definition) is 1. The van der Waals surface area contributed by atoms with E-state index in [1.807, 2.05) is 0 Å². The highest BCUT2D eigenvalue weighted by atomic mass is 19.4. The molecular formula is C9H6F3N. The molecule has 0 aromatic heterocycles. The minimum absolute atomic E-state index is 0.188. The summed E-state index contributed by atoms with van der Waals surface area (Å²) in [7, 11) is 0. The van der Waals surface area contributed by atoms with Crippen LogP contribution >= 0.6 is 0 Å². The summed E-state index contributed by atoms with van der Waals surface area (Å²) in [6.07, 6.45) is -4.24. The molecule has 1 aromatic rings. The van der Waals surface area contributed by atoms with Gasteiger partial charge in [0.1, 0.15) is 5.70 Å². The van der Waals surface area contributed by atoms with Crippen molar-refractivity contribution < 1.29 is 13.2 Å². The smallest absolute Gasteiger partial charge is 0.348 e. The molecule has 0 atom stereocenters. The quantitative estimate of drug-likeness (QED) is 0.713. The average molecular weight is 185 g/mol. The van der Waals surface area contributed by atoms with E-state index >= 15 is 0 Å². The molecule has 0 amide bonds. The largest absolute Gasteiger partial charge is 0.433 e. The Labute approximate surface area is 72.9 Å². The molecule has 0 radical (unpaired) electrons. The number of nitrogens with one attached hydrogen (secondary N) is 1. The van der Waals surface area contributed by atoms with Gasteiger partial charge in [-0.1, -0.05) is 30.3 Å². The maximum Gasteiger partial charge on any atom is 0.433 e. The highest BCUT2D eigenvalue weighted by molar-refractivity contribution is 5.80. The number of benzene rings is 1. The Balaban J connectivity index is 2.29. The fourth-order valence-corrected chi connectivity index (χ4v) is 1.13. The molecule has 13 heavy (non-hydrogen) atoms. The third-order valence-electron chi connectivity index (χ3n) is 1.78. The van der Waals surface area contributed by atoms with Crippen LogP contribution in [-0.2, 0) is 0 Å². The minimum Gasteiger partial charge on any atom is -0.348 e. The molecular weight excluding hydrogens is 179 g/mol. The van der Waals surface area contributed by atoms with Gasteiger partial charge < -0.3 is 5.32 Å². The zero-order valence-corrected chi connectivity index (χ0v) is 6.52. The zero-order chi connectivity index (χ0) is 9.47. The standard InChI is InChI=1S/C9H6F3N/c10-9(11,12)8-7(13-8)6-4-2-1-3-5-6/h1-5,13H. The Bertz CT molecular complexity index is 351. The van der Waals surface area contributed by atoms with Gasteiger partial charge in [0.15, 0.2) is 0 Å². The zero-order valence-electron chi connectivity index (χ0n) is 6.52. The van der Waals surface area contributed by atoms with Gasteiger partial charge in [-0.2, -0.15) is 13.2 Å². The number of hydrogen-bond acceptors (Lipinski definition) is 1. The van der Waals surface area contributed by atoms with Gasteiger partial charge in [0, 0.05) is 5.56 Å². The van der Waals surface area contributed by atoms with Crippen LogP contribution in [0.4, 0.5) is 13.2 Å². The van der Waals surface area contributed by atoms with Crippen molar-refractivity contribution in [3.05, 3.63) is 41.6 Å². The summed E-state index contributed by atoms with van der Waals surface area (Å²) in [5, 5.41) is 2.23. The van der Waals surface area contributed by atoms with Crippen LogP contribution < -0.4 is 5.32 Å². The number of rotatable bonds is 1. The molecule has 0 fully saturated rings. The van der Waals surface area contributed by atoms with Crippen LogP contribution in [0.2, 0.25) is 0 Å². The van der Waals surface area contributed by atoms with Crippen LogP contribution in [-0.4, -0.2) is 6.18 Å². The van der Waals surface area contributed by atoms with Gasteiger partial charge in [0.05, 0.1) is 5.70 Å². The lowest BCUT2D eigenvalue weighted by atomic mass is 10.2. The fourth-order valence-electron chi connectivity index (χ4n) is 1.13. The predicted molar refractivity (Wildman–Crippen MR) is 42.6 cm³/mol. The number of alkyl halides is 3. The second kappa shape index (κ2) is 2.52. The van der Waals surface area contributed by atoms with Crippen LogP contribution in [0.3, 0.4) is 0 Å². The molecule has 1 aliphatic rings. The molecule has 0 spiro atoms. The van der Waals surface area contributed by atoms with Crippen molar-refractivity contribution in [1.29, 1.82) is 0 Å². The molecule has 1 aromatic carbocycles. The molecule has 1 aliphatic heterocycles. The first-order chi connectivity index (χ1) is 6.09. The monoisotopic (exact) mass is 185 g/mol. The molecule has 0 saturated heterocycles. The molecule has 2 rings (SSSR count). The van der Waals surface area contributed by atoms with Gasteiger partial charge in [-0.3, -0.25) is 0 Å². The first-order valence-corrected chi connectivity index (χ1v) is 3.73. The topological polar surface area (TPSA) is 21.9 Å². The summed E-state index contributed by atoms with van der Waals surface area (Å²) in [4.78, 5) is 0. The Hall–Kier alpha value is -1.45. The van der Waals surface area contributed by atoms with Gasteiger partial charge in [-0.25, -0.2) is 0 Å². The van der Waals surface area contributed by atoms with Gasteiger partial charge in [-0.05, 0) is 0 Å².